The Morgan fingerprint density at radius 2 is 1.94 bits per heavy atom. The second kappa shape index (κ2) is 5.55. The van der Waals surface area contributed by atoms with E-state index >= 15 is 0 Å². The van der Waals surface area contributed by atoms with Crippen LogP contribution in [0.4, 0.5) is 14.5 Å². The largest absolute Gasteiger partial charge is 0.335 e. The molecule has 0 saturated heterocycles. The minimum atomic E-state index is -1.14. The van der Waals surface area contributed by atoms with Gasteiger partial charge in [0.15, 0.2) is 11.6 Å². The molecule has 0 aliphatic rings. The molecule has 0 unspecified atom stereocenters. The molecule has 88 valence electrons. The molecule has 1 aromatic carbocycles. The molecule has 0 aliphatic heterocycles. The molecule has 0 saturated carbocycles. The Labute approximate surface area is 95.0 Å². The first kappa shape index (κ1) is 12.6. The van der Waals surface area contributed by atoms with Crippen molar-refractivity contribution in [3.8, 4) is 6.07 Å². The molecule has 0 spiro atoms. The molecule has 0 bridgehead atoms. The molecule has 0 atom stereocenters. The number of anilines is 1. The average Bonchev–Trinajstić information content (AvgIpc) is 2.30. The van der Waals surface area contributed by atoms with Crippen molar-refractivity contribution in [2.75, 3.05) is 11.9 Å². The Kier molecular flexibility index (Phi) is 4.11. The minimum Gasteiger partial charge on any atom is -0.335 e. The normalized spacial score (nSPS) is 9.24. The standard InChI is InChI=1S/C10H7F2N3O2/c11-7-2-1-6(5-8(7)12)15-10(17)9(16)14-4-3-13/h1-2,5H,4H2,(H,14,16)(H,15,17). The molecule has 17 heavy (non-hydrogen) atoms. The molecular formula is C10H7F2N3O2. The smallest absolute Gasteiger partial charge is 0.313 e. The van der Waals surface area contributed by atoms with Gasteiger partial charge in [-0.05, 0) is 12.1 Å². The Morgan fingerprint density at radius 3 is 2.53 bits per heavy atom. The van der Waals surface area contributed by atoms with Gasteiger partial charge in [-0.2, -0.15) is 5.26 Å². The van der Waals surface area contributed by atoms with Crippen molar-refractivity contribution in [3.63, 3.8) is 0 Å². The topological polar surface area (TPSA) is 82.0 Å². The number of hydrogen-bond donors (Lipinski definition) is 2. The lowest BCUT2D eigenvalue weighted by atomic mass is 10.3. The van der Waals surface area contributed by atoms with Gasteiger partial charge >= 0.3 is 11.8 Å². The second-order valence-corrected chi connectivity index (χ2v) is 2.92. The maximum atomic E-state index is 12.8. The Balaban J connectivity index is 2.65. The summed E-state index contributed by atoms with van der Waals surface area (Å²) in [6.07, 6.45) is 0. The zero-order valence-electron chi connectivity index (χ0n) is 8.46. The number of amides is 2. The number of nitrogens with one attached hydrogen (secondary N) is 2. The van der Waals surface area contributed by atoms with Gasteiger partial charge in [-0.25, -0.2) is 8.78 Å². The van der Waals surface area contributed by atoms with Crippen molar-refractivity contribution in [3.05, 3.63) is 29.8 Å². The number of rotatable bonds is 2. The summed E-state index contributed by atoms with van der Waals surface area (Å²) in [6.45, 7) is -0.315. The summed E-state index contributed by atoms with van der Waals surface area (Å²) in [5, 5.41) is 12.2. The number of hydrogen-bond acceptors (Lipinski definition) is 3. The maximum absolute atomic E-state index is 12.8. The molecular weight excluding hydrogens is 232 g/mol. The van der Waals surface area contributed by atoms with Gasteiger partial charge in [0, 0.05) is 11.8 Å². The molecule has 1 aromatic rings. The minimum absolute atomic E-state index is 0.0546. The summed E-state index contributed by atoms with van der Waals surface area (Å²) in [6, 6.07) is 4.28. The lowest BCUT2D eigenvalue weighted by molar-refractivity contribution is -0.136. The second-order valence-electron chi connectivity index (χ2n) is 2.92. The van der Waals surface area contributed by atoms with Crippen LogP contribution in [-0.4, -0.2) is 18.4 Å². The summed E-state index contributed by atoms with van der Waals surface area (Å²) < 4.78 is 25.3. The van der Waals surface area contributed by atoms with E-state index in [9.17, 15) is 18.4 Å². The van der Waals surface area contributed by atoms with Gasteiger partial charge in [-0.3, -0.25) is 9.59 Å². The van der Waals surface area contributed by atoms with E-state index in [0.717, 1.165) is 18.2 Å². The van der Waals surface area contributed by atoms with E-state index in [1.807, 2.05) is 5.32 Å². The number of benzene rings is 1. The molecule has 0 aromatic heterocycles. The highest BCUT2D eigenvalue weighted by Gasteiger charge is 2.13. The summed E-state index contributed by atoms with van der Waals surface area (Å²) >= 11 is 0. The van der Waals surface area contributed by atoms with Crippen molar-refractivity contribution in [2.24, 2.45) is 0 Å². The third-order valence-corrected chi connectivity index (χ3v) is 1.71. The van der Waals surface area contributed by atoms with Crippen LogP contribution in [0.3, 0.4) is 0 Å². The van der Waals surface area contributed by atoms with Crippen molar-refractivity contribution in [1.82, 2.24) is 5.32 Å². The molecule has 1 rings (SSSR count). The van der Waals surface area contributed by atoms with E-state index in [-0.39, 0.29) is 12.2 Å². The van der Waals surface area contributed by atoms with Crippen molar-refractivity contribution in [1.29, 1.82) is 5.26 Å². The fourth-order valence-electron chi connectivity index (χ4n) is 0.962. The van der Waals surface area contributed by atoms with Crippen LogP contribution in [0, 0.1) is 23.0 Å². The molecule has 0 radical (unpaired) electrons. The van der Waals surface area contributed by atoms with Crippen molar-refractivity contribution >= 4 is 17.5 Å². The Bertz CT molecular complexity index is 497. The highest BCUT2D eigenvalue weighted by Crippen LogP contribution is 2.12. The third kappa shape index (κ3) is 3.53. The van der Waals surface area contributed by atoms with Crippen molar-refractivity contribution in [2.45, 2.75) is 0 Å². The van der Waals surface area contributed by atoms with E-state index in [0.29, 0.717) is 0 Å². The average molecular weight is 239 g/mol. The summed E-state index contributed by atoms with van der Waals surface area (Å²) in [5.74, 6) is -4.29. The number of nitriles is 1. The predicted octanol–water partition coefficient (Wildman–Crippen LogP) is 0.543. The molecule has 7 heteroatoms. The summed E-state index contributed by atoms with van der Waals surface area (Å²) in [4.78, 5) is 22.2. The van der Waals surface area contributed by atoms with Gasteiger partial charge in [0.05, 0.1) is 6.07 Å². The van der Waals surface area contributed by atoms with E-state index < -0.39 is 23.4 Å². The molecule has 0 heterocycles. The highest BCUT2D eigenvalue weighted by atomic mass is 19.2. The van der Waals surface area contributed by atoms with Crippen LogP contribution >= 0.6 is 0 Å². The first-order valence-electron chi connectivity index (χ1n) is 4.45. The third-order valence-electron chi connectivity index (χ3n) is 1.71. The van der Waals surface area contributed by atoms with Crippen LogP contribution in [0.15, 0.2) is 18.2 Å². The first-order valence-corrected chi connectivity index (χ1v) is 4.45. The van der Waals surface area contributed by atoms with Crippen LogP contribution in [0.5, 0.6) is 0 Å². The fraction of sp³-hybridized carbons (Fsp3) is 0.100. The number of nitrogens with zero attached hydrogens (tertiary/aromatic N) is 1. The van der Waals surface area contributed by atoms with Gasteiger partial charge in [-0.15, -0.1) is 0 Å². The number of carbonyl (C=O) groups is 2. The first-order chi connectivity index (χ1) is 8.04. The van der Waals surface area contributed by atoms with Crippen molar-refractivity contribution < 1.29 is 18.4 Å². The van der Waals surface area contributed by atoms with Crippen LogP contribution in [0.25, 0.3) is 0 Å². The van der Waals surface area contributed by atoms with E-state index in [1.54, 1.807) is 6.07 Å². The number of carbonyl (C=O) groups excluding carboxylic acids is 2. The Morgan fingerprint density at radius 1 is 1.24 bits per heavy atom. The Hall–Kier alpha value is -2.49. The highest BCUT2D eigenvalue weighted by molar-refractivity contribution is 6.39. The van der Waals surface area contributed by atoms with Gasteiger partial charge in [-0.1, -0.05) is 0 Å². The zero-order valence-corrected chi connectivity index (χ0v) is 8.46. The van der Waals surface area contributed by atoms with Crippen LogP contribution in [0.2, 0.25) is 0 Å². The maximum Gasteiger partial charge on any atom is 0.313 e. The van der Waals surface area contributed by atoms with Gasteiger partial charge in [0.25, 0.3) is 0 Å². The lowest BCUT2D eigenvalue weighted by Gasteiger charge is -2.04. The molecule has 2 N–H and O–H groups in total. The zero-order chi connectivity index (χ0) is 12.8. The van der Waals surface area contributed by atoms with E-state index in [2.05, 4.69) is 5.32 Å². The van der Waals surface area contributed by atoms with Crippen LogP contribution in [0.1, 0.15) is 0 Å². The molecule has 0 fully saturated rings. The molecule has 0 aliphatic carbocycles. The van der Waals surface area contributed by atoms with Crippen LogP contribution < -0.4 is 10.6 Å². The van der Waals surface area contributed by atoms with Crippen LogP contribution in [-0.2, 0) is 9.59 Å². The van der Waals surface area contributed by atoms with Gasteiger partial charge in [0.1, 0.15) is 6.54 Å². The number of halogens is 2. The predicted molar refractivity (Wildman–Crippen MR) is 53.6 cm³/mol. The van der Waals surface area contributed by atoms with Gasteiger partial charge < -0.3 is 10.6 Å². The van der Waals surface area contributed by atoms with Gasteiger partial charge in [0.2, 0.25) is 0 Å². The fourth-order valence-corrected chi connectivity index (χ4v) is 0.962. The molecule has 2 amide bonds. The lowest BCUT2D eigenvalue weighted by Crippen LogP contribution is -2.35. The summed E-state index contributed by atoms with van der Waals surface area (Å²) in [5.41, 5.74) is -0.0546. The summed E-state index contributed by atoms with van der Waals surface area (Å²) in [7, 11) is 0. The quantitative estimate of drug-likeness (QED) is 0.583. The SMILES string of the molecule is N#CCNC(=O)C(=O)Nc1ccc(F)c(F)c1. The van der Waals surface area contributed by atoms with E-state index in [1.165, 1.54) is 0 Å². The molecule has 5 nitrogen and oxygen atoms in total. The van der Waals surface area contributed by atoms with E-state index in [4.69, 9.17) is 5.26 Å². The monoisotopic (exact) mass is 239 g/mol.